The highest BCUT2D eigenvalue weighted by molar-refractivity contribution is 6.01. The van der Waals surface area contributed by atoms with Gasteiger partial charge in [-0.2, -0.15) is 0 Å². The van der Waals surface area contributed by atoms with Gasteiger partial charge in [-0.1, -0.05) is 36.4 Å². The third-order valence-electron chi connectivity index (χ3n) is 6.65. The second kappa shape index (κ2) is 12.2. The molecule has 0 radical (unpaired) electrons. The van der Waals surface area contributed by atoms with Crippen LogP contribution in [0.3, 0.4) is 0 Å². The van der Waals surface area contributed by atoms with Gasteiger partial charge in [-0.25, -0.2) is 0 Å². The molecule has 6 nitrogen and oxygen atoms in total. The standard InChI is InChI=1S/C26H34N4O2.ClH/c27-15-1-2-19-3-5-20(6-4-19)18-30-16-13-22(14-17-30)21-7-9-23(10-8-21)28-24-11-12-25(31)29-26(24)32;/h3-10,22,24,28H,1-2,11-18,27H2,(H,29,31,32);1H. The van der Waals surface area contributed by atoms with Crippen molar-refractivity contribution in [1.82, 2.24) is 10.2 Å². The number of amides is 2. The Balaban J connectivity index is 0.00000306. The molecule has 0 bridgehead atoms. The Morgan fingerprint density at radius 2 is 1.61 bits per heavy atom. The number of piperidine rings is 2. The number of aryl methyl sites for hydroxylation is 1. The quantitative estimate of drug-likeness (QED) is 0.513. The van der Waals surface area contributed by atoms with Crippen LogP contribution in [0.5, 0.6) is 0 Å². The maximum absolute atomic E-state index is 11.9. The van der Waals surface area contributed by atoms with Crippen LogP contribution in [0.4, 0.5) is 5.69 Å². The van der Waals surface area contributed by atoms with Crippen molar-refractivity contribution in [3.05, 3.63) is 65.2 Å². The van der Waals surface area contributed by atoms with E-state index in [0.717, 1.165) is 57.5 Å². The molecule has 0 aliphatic carbocycles. The fourth-order valence-corrected chi connectivity index (χ4v) is 4.68. The fourth-order valence-electron chi connectivity index (χ4n) is 4.68. The molecule has 0 saturated carbocycles. The van der Waals surface area contributed by atoms with Crippen molar-refractivity contribution < 1.29 is 9.59 Å². The summed E-state index contributed by atoms with van der Waals surface area (Å²) >= 11 is 0. The number of likely N-dealkylation sites (tertiary alicyclic amines) is 1. The molecule has 2 aromatic rings. The molecule has 0 spiro atoms. The topological polar surface area (TPSA) is 87.5 Å². The largest absolute Gasteiger partial charge is 0.374 e. The first kappa shape index (κ1) is 25.2. The Labute approximate surface area is 202 Å². The normalized spacial score (nSPS) is 19.6. The molecular weight excluding hydrogens is 436 g/mol. The Hall–Kier alpha value is -2.41. The lowest BCUT2D eigenvalue weighted by atomic mass is 9.89. The van der Waals surface area contributed by atoms with Crippen LogP contribution in [0, 0.1) is 0 Å². The number of halogens is 1. The van der Waals surface area contributed by atoms with Crippen LogP contribution in [-0.4, -0.2) is 42.4 Å². The van der Waals surface area contributed by atoms with Crippen LogP contribution >= 0.6 is 12.4 Å². The Bertz CT molecular complexity index is 909. The average molecular weight is 471 g/mol. The van der Waals surface area contributed by atoms with E-state index in [9.17, 15) is 9.59 Å². The van der Waals surface area contributed by atoms with Crippen molar-refractivity contribution in [2.75, 3.05) is 25.0 Å². The number of nitrogens with two attached hydrogens (primary N) is 1. The zero-order chi connectivity index (χ0) is 22.3. The molecule has 4 N–H and O–H groups in total. The molecule has 4 rings (SSSR count). The summed E-state index contributed by atoms with van der Waals surface area (Å²) in [5.41, 5.74) is 10.6. The van der Waals surface area contributed by atoms with Crippen molar-refractivity contribution in [2.24, 2.45) is 5.73 Å². The smallest absolute Gasteiger partial charge is 0.249 e. The minimum atomic E-state index is -0.337. The van der Waals surface area contributed by atoms with Gasteiger partial charge in [0.2, 0.25) is 11.8 Å². The summed E-state index contributed by atoms with van der Waals surface area (Å²) in [4.78, 5) is 25.8. The monoisotopic (exact) mass is 470 g/mol. The fraction of sp³-hybridized carbons (Fsp3) is 0.462. The number of carbonyl (C=O) groups is 2. The first-order chi connectivity index (χ1) is 15.6. The lowest BCUT2D eigenvalue weighted by Crippen LogP contribution is -2.47. The molecule has 7 heteroatoms. The van der Waals surface area contributed by atoms with E-state index in [4.69, 9.17) is 5.73 Å². The third-order valence-corrected chi connectivity index (χ3v) is 6.65. The van der Waals surface area contributed by atoms with Crippen molar-refractivity contribution in [3.63, 3.8) is 0 Å². The van der Waals surface area contributed by atoms with Crippen LogP contribution < -0.4 is 16.4 Å². The lowest BCUT2D eigenvalue weighted by Gasteiger charge is -2.32. The van der Waals surface area contributed by atoms with E-state index in [0.29, 0.717) is 18.8 Å². The highest BCUT2D eigenvalue weighted by Gasteiger charge is 2.26. The second-order valence-electron chi connectivity index (χ2n) is 9.03. The molecule has 2 aliphatic rings. The summed E-state index contributed by atoms with van der Waals surface area (Å²) in [6.07, 6.45) is 5.35. The van der Waals surface area contributed by atoms with E-state index in [1.807, 2.05) is 0 Å². The van der Waals surface area contributed by atoms with Gasteiger partial charge in [0.1, 0.15) is 6.04 Å². The molecule has 2 saturated heterocycles. The van der Waals surface area contributed by atoms with E-state index < -0.39 is 0 Å². The van der Waals surface area contributed by atoms with Crippen LogP contribution in [0.1, 0.15) is 54.7 Å². The Morgan fingerprint density at radius 1 is 0.939 bits per heavy atom. The number of hydrogen-bond acceptors (Lipinski definition) is 5. The first-order valence-electron chi connectivity index (χ1n) is 11.8. The van der Waals surface area contributed by atoms with Crippen LogP contribution in [0.15, 0.2) is 48.5 Å². The molecule has 1 atom stereocenters. The SMILES string of the molecule is Cl.NCCCc1ccc(CN2CCC(c3ccc(NC4CCC(=O)NC4=O)cc3)CC2)cc1. The summed E-state index contributed by atoms with van der Waals surface area (Å²) in [6.45, 7) is 3.97. The molecular formula is C26H35ClN4O2. The maximum Gasteiger partial charge on any atom is 0.249 e. The van der Waals surface area contributed by atoms with Gasteiger partial charge in [-0.3, -0.25) is 19.8 Å². The van der Waals surface area contributed by atoms with Gasteiger partial charge in [0.25, 0.3) is 0 Å². The van der Waals surface area contributed by atoms with Gasteiger partial charge in [-0.05, 0) is 86.5 Å². The molecule has 0 aromatic heterocycles. The van der Waals surface area contributed by atoms with E-state index in [2.05, 4.69) is 64.1 Å². The molecule has 2 aromatic carbocycles. The minimum Gasteiger partial charge on any atom is -0.374 e. The van der Waals surface area contributed by atoms with Crippen molar-refractivity contribution >= 4 is 29.9 Å². The predicted molar refractivity (Wildman–Crippen MR) is 135 cm³/mol. The molecule has 2 fully saturated rings. The summed E-state index contributed by atoms with van der Waals surface area (Å²) < 4.78 is 0. The summed E-state index contributed by atoms with van der Waals surface area (Å²) in [6, 6.07) is 17.1. The number of imide groups is 1. The third kappa shape index (κ3) is 7.03. The highest BCUT2D eigenvalue weighted by Crippen LogP contribution is 2.29. The Kier molecular flexibility index (Phi) is 9.30. The number of nitrogens with one attached hydrogen (secondary N) is 2. The number of rotatable bonds is 8. The zero-order valence-corrected chi connectivity index (χ0v) is 19.9. The first-order valence-corrected chi connectivity index (χ1v) is 11.8. The number of anilines is 1. The zero-order valence-electron chi connectivity index (χ0n) is 19.1. The predicted octanol–water partition coefficient (Wildman–Crippen LogP) is 3.60. The van der Waals surface area contributed by atoms with Gasteiger partial charge < -0.3 is 11.1 Å². The number of nitrogens with zero attached hydrogens (tertiary/aromatic N) is 1. The molecule has 33 heavy (non-hydrogen) atoms. The van der Waals surface area contributed by atoms with E-state index in [1.165, 1.54) is 16.7 Å². The van der Waals surface area contributed by atoms with Crippen molar-refractivity contribution in [2.45, 2.75) is 57.0 Å². The summed E-state index contributed by atoms with van der Waals surface area (Å²) in [5.74, 6) is 0.159. The van der Waals surface area contributed by atoms with E-state index in [-0.39, 0.29) is 30.3 Å². The molecule has 178 valence electrons. The second-order valence-corrected chi connectivity index (χ2v) is 9.03. The van der Waals surface area contributed by atoms with E-state index >= 15 is 0 Å². The molecule has 2 heterocycles. The minimum absolute atomic E-state index is 0. The van der Waals surface area contributed by atoms with Gasteiger partial charge in [-0.15, -0.1) is 12.4 Å². The van der Waals surface area contributed by atoms with Crippen molar-refractivity contribution in [1.29, 1.82) is 0 Å². The molecule has 2 amide bonds. The lowest BCUT2D eigenvalue weighted by molar-refractivity contribution is -0.133. The van der Waals surface area contributed by atoms with Gasteiger partial charge >= 0.3 is 0 Å². The van der Waals surface area contributed by atoms with Crippen LogP contribution in [0.2, 0.25) is 0 Å². The average Bonchev–Trinajstić information content (AvgIpc) is 2.81. The maximum atomic E-state index is 11.9. The van der Waals surface area contributed by atoms with Crippen LogP contribution in [0.25, 0.3) is 0 Å². The van der Waals surface area contributed by atoms with Gasteiger partial charge in [0.05, 0.1) is 0 Å². The van der Waals surface area contributed by atoms with Gasteiger partial charge in [0.15, 0.2) is 0 Å². The summed E-state index contributed by atoms with van der Waals surface area (Å²) in [5, 5.41) is 5.65. The van der Waals surface area contributed by atoms with E-state index in [1.54, 1.807) is 0 Å². The molecule has 2 aliphatic heterocycles. The number of benzene rings is 2. The summed E-state index contributed by atoms with van der Waals surface area (Å²) in [7, 11) is 0. The van der Waals surface area contributed by atoms with Crippen LogP contribution in [-0.2, 0) is 22.6 Å². The highest BCUT2D eigenvalue weighted by atomic mass is 35.5. The number of carbonyl (C=O) groups excluding carboxylic acids is 2. The van der Waals surface area contributed by atoms with Gasteiger partial charge in [0, 0.05) is 18.7 Å². The Morgan fingerprint density at radius 3 is 2.24 bits per heavy atom. The van der Waals surface area contributed by atoms with Crippen molar-refractivity contribution in [3.8, 4) is 0 Å². The number of hydrogen-bond donors (Lipinski definition) is 3. The molecule has 1 unspecified atom stereocenters.